The molecule has 0 N–H and O–H groups in total. The van der Waals surface area contributed by atoms with Crippen LogP contribution >= 0.6 is 11.3 Å². The Balaban J connectivity index is 1.72. The molecule has 0 fully saturated rings. The largest absolute Gasteiger partial charge is 0.361 e. The zero-order valence-electron chi connectivity index (χ0n) is 14.2. The Morgan fingerprint density at radius 3 is 2.64 bits per heavy atom. The minimum atomic E-state index is -0.264. The van der Waals surface area contributed by atoms with Gasteiger partial charge in [0.05, 0.1) is 17.2 Å². The van der Waals surface area contributed by atoms with Gasteiger partial charge in [0, 0.05) is 19.5 Å². The number of benzene rings is 1. The van der Waals surface area contributed by atoms with E-state index in [4.69, 9.17) is 4.52 Å². The summed E-state index contributed by atoms with van der Waals surface area (Å²) in [7, 11) is 1.73. The highest BCUT2D eigenvalue weighted by molar-refractivity contribution is 7.13. The van der Waals surface area contributed by atoms with E-state index in [1.807, 2.05) is 19.9 Å². The molecule has 0 saturated heterocycles. The number of aryl methyl sites for hydroxylation is 2. The lowest BCUT2D eigenvalue weighted by Gasteiger charge is -2.14. The molecular formula is C18H18FN3O2S. The van der Waals surface area contributed by atoms with Gasteiger partial charge >= 0.3 is 0 Å². The van der Waals surface area contributed by atoms with Gasteiger partial charge in [-0.3, -0.25) is 4.79 Å². The van der Waals surface area contributed by atoms with Crippen molar-refractivity contribution in [3.05, 3.63) is 68.7 Å². The SMILES string of the molecule is Cc1cc(CN(C)C(=O)c2sc(Cc3ccc(F)cc3)nc2C)no1. The van der Waals surface area contributed by atoms with Crippen LogP contribution in [0.1, 0.15) is 37.4 Å². The molecule has 0 aliphatic carbocycles. The van der Waals surface area contributed by atoms with Gasteiger partial charge in [-0.2, -0.15) is 0 Å². The number of hydrogen-bond acceptors (Lipinski definition) is 5. The normalized spacial score (nSPS) is 10.9. The fourth-order valence-electron chi connectivity index (χ4n) is 2.48. The van der Waals surface area contributed by atoms with Crippen LogP contribution in [0.5, 0.6) is 0 Å². The van der Waals surface area contributed by atoms with E-state index < -0.39 is 0 Å². The van der Waals surface area contributed by atoms with Gasteiger partial charge in [0.2, 0.25) is 0 Å². The zero-order valence-corrected chi connectivity index (χ0v) is 15.1. The van der Waals surface area contributed by atoms with Crippen molar-refractivity contribution in [1.29, 1.82) is 0 Å². The van der Waals surface area contributed by atoms with E-state index in [0.29, 0.717) is 35.0 Å². The van der Waals surface area contributed by atoms with Crippen LogP contribution in [0, 0.1) is 19.7 Å². The highest BCUT2D eigenvalue weighted by Crippen LogP contribution is 2.23. The summed E-state index contributed by atoms with van der Waals surface area (Å²) in [5.74, 6) is 0.354. The van der Waals surface area contributed by atoms with Crippen LogP contribution in [-0.4, -0.2) is 28.0 Å². The maximum atomic E-state index is 13.0. The second kappa shape index (κ2) is 7.14. The summed E-state index contributed by atoms with van der Waals surface area (Å²) in [6.45, 7) is 4.01. The van der Waals surface area contributed by atoms with Crippen molar-refractivity contribution in [2.75, 3.05) is 7.05 Å². The number of nitrogens with zero attached hydrogens (tertiary/aromatic N) is 3. The van der Waals surface area contributed by atoms with Crippen molar-refractivity contribution in [2.45, 2.75) is 26.8 Å². The zero-order chi connectivity index (χ0) is 18.0. The molecule has 0 atom stereocenters. The molecule has 1 aromatic carbocycles. The van der Waals surface area contributed by atoms with Gasteiger partial charge in [0.15, 0.2) is 0 Å². The van der Waals surface area contributed by atoms with Gasteiger partial charge in [-0.1, -0.05) is 17.3 Å². The predicted molar refractivity (Wildman–Crippen MR) is 93.1 cm³/mol. The Hall–Kier alpha value is -2.54. The van der Waals surface area contributed by atoms with E-state index in [1.165, 1.54) is 23.5 Å². The number of rotatable bonds is 5. The first-order valence-electron chi connectivity index (χ1n) is 7.81. The average molecular weight is 359 g/mol. The molecule has 0 saturated carbocycles. The molecule has 3 rings (SSSR count). The summed E-state index contributed by atoms with van der Waals surface area (Å²) < 4.78 is 18.0. The molecule has 3 aromatic rings. The highest BCUT2D eigenvalue weighted by atomic mass is 32.1. The number of thiazole rings is 1. The smallest absolute Gasteiger partial charge is 0.265 e. The van der Waals surface area contributed by atoms with E-state index in [1.54, 1.807) is 24.1 Å². The average Bonchev–Trinajstić information content (AvgIpc) is 3.14. The monoisotopic (exact) mass is 359 g/mol. The van der Waals surface area contributed by atoms with Crippen LogP contribution in [0.3, 0.4) is 0 Å². The molecule has 0 radical (unpaired) electrons. The fraction of sp³-hybridized carbons (Fsp3) is 0.278. The van der Waals surface area contributed by atoms with Crippen LogP contribution < -0.4 is 0 Å². The molecule has 0 bridgehead atoms. The topological polar surface area (TPSA) is 59.2 Å². The van der Waals surface area contributed by atoms with Crippen molar-refractivity contribution in [3.63, 3.8) is 0 Å². The van der Waals surface area contributed by atoms with Crippen molar-refractivity contribution in [3.8, 4) is 0 Å². The van der Waals surface area contributed by atoms with Gasteiger partial charge in [0.1, 0.15) is 22.1 Å². The minimum Gasteiger partial charge on any atom is -0.361 e. The van der Waals surface area contributed by atoms with Gasteiger partial charge in [-0.15, -0.1) is 11.3 Å². The number of hydrogen-bond donors (Lipinski definition) is 0. The molecule has 7 heteroatoms. The summed E-state index contributed by atoms with van der Waals surface area (Å²) >= 11 is 1.37. The lowest BCUT2D eigenvalue weighted by atomic mass is 10.1. The van der Waals surface area contributed by atoms with Gasteiger partial charge in [-0.25, -0.2) is 9.37 Å². The Kier molecular flexibility index (Phi) is 4.94. The molecule has 0 aliphatic heterocycles. The lowest BCUT2D eigenvalue weighted by Crippen LogP contribution is -2.26. The summed E-state index contributed by atoms with van der Waals surface area (Å²) in [6, 6.07) is 8.12. The number of aromatic nitrogens is 2. The minimum absolute atomic E-state index is 0.0963. The summed E-state index contributed by atoms with van der Waals surface area (Å²) in [6.07, 6.45) is 0.575. The first kappa shape index (κ1) is 17.3. The van der Waals surface area contributed by atoms with Crippen molar-refractivity contribution in [2.24, 2.45) is 0 Å². The standard InChI is InChI=1S/C18H18FN3O2S/c1-11-8-15(21-24-11)10-22(3)18(23)17-12(2)20-16(25-17)9-13-4-6-14(19)7-5-13/h4-8H,9-10H2,1-3H3. The molecule has 0 aliphatic rings. The van der Waals surface area contributed by atoms with Gasteiger partial charge in [0.25, 0.3) is 5.91 Å². The molecule has 0 spiro atoms. The Morgan fingerprint density at radius 1 is 1.28 bits per heavy atom. The van der Waals surface area contributed by atoms with Crippen molar-refractivity contribution < 1.29 is 13.7 Å². The first-order valence-corrected chi connectivity index (χ1v) is 8.62. The summed E-state index contributed by atoms with van der Waals surface area (Å²) in [5.41, 5.74) is 2.37. The van der Waals surface area contributed by atoms with Gasteiger partial charge < -0.3 is 9.42 Å². The van der Waals surface area contributed by atoms with E-state index in [9.17, 15) is 9.18 Å². The van der Waals surface area contributed by atoms with Crippen LogP contribution in [0.4, 0.5) is 4.39 Å². The summed E-state index contributed by atoms with van der Waals surface area (Å²) in [5, 5.41) is 4.74. The third kappa shape index (κ3) is 4.11. The van der Waals surface area contributed by atoms with E-state index >= 15 is 0 Å². The van der Waals surface area contributed by atoms with E-state index in [0.717, 1.165) is 10.6 Å². The third-order valence-corrected chi connectivity index (χ3v) is 4.87. The number of amides is 1. The first-order chi connectivity index (χ1) is 11.9. The quantitative estimate of drug-likeness (QED) is 0.696. The van der Waals surface area contributed by atoms with Crippen molar-refractivity contribution >= 4 is 17.2 Å². The molecule has 1 amide bonds. The highest BCUT2D eigenvalue weighted by Gasteiger charge is 2.20. The predicted octanol–water partition coefficient (Wildman–Crippen LogP) is 3.75. The van der Waals surface area contributed by atoms with Crippen LogP contribution in [-0.2, 0) is 13.0 Å². The van der Waals surface area contributed by atoms with Crippen LogP contribution in [0.25, 0.3) is 0 Å². The van der Waals surface area contributed by atoms with Crippen LogP contribution in [0.15, 0.2) is 34.9 Å². The third-order valence-electron chi connectivity index (χ3n) is 3.73. The molecule has 25 heavy (non-hydrogen) atoms. The molecule has 5 nitrogen and oxygen atoms in total. The molecule has 2 aromatic heterocycles. The maximum absolute atomic E-state index is 13.0. The second-order valence-electron chi connectivity index (χ2n) is 5.92. The lowest BCUT2D eigenvalue weighted by molar-refractivity contribution is 0.0786. The van der Waals surface area contributed by atoms with E-state index in [-0.39, 0.29) is 11.7 Å². The maximum Gasteiger partial charge on any atom is 0.265 e. The number of carbonyl (C=O) groups excluding carboxylic acids is 1. The fourth-order valence-corrected chi connectivity index (χ4v) is 3.58. The Labute approximate surface area is 149 Å². The Morgan fingerprint density at radius 2 is 2.00 bits per heavy atom. The van der Waals surface area contributed by atoms with Crippen LogP contribution in [0.2, 0.25) is 0 Å². The van der Waals surface area contributed by atoms with Crippen molar-refractivity contribution in [1.82, 2.24) is 15.0 Å². The summed E-state index contributed by atoms with van der Waals surface area (Å²) in [4.78, 5) is 19.4. The van der Waals surface area contributed by atoms with Gasteiger partial charge in [-0.05, 0) is 31.5 Å². The van der Waals surface area contributed by atoms with E-state index in [2.05, 4.69) is 10.1 Å². The Bertz CT molecular complexity index is 886. The number of halogens is 1. The molecule has 2 heterocycles. The molecule has 130 valence electrons. The number of carbonyl (C=O) groups is 1. The molecule has 0 unspecified atom stereocenters. The molecular weight excluding hydrogens is 341 g/mol. The second-order valence-corrected chi connectivity index (χ2v) is 7.00.